The van der Waals surface area contributed by atoms with E-state index in [4.69, 9.17) is 32.7 Å². The Morgan fingerprint density at radius 3 is 2.37 bits per heavy atom. The summed E-state index contributed by atoms with van der Waals surface area (Å²) < 4.78 is 28.5. The van der Waals surface area contributed by atoms with Crippen molar-refractivity contribution in [2.45, 2.75) is 51.8 Å². The normalized spacial score (nSPS) is 14.3. The third-order valence-electron chi connectivity index (χ3n) is 8.49. The van der Waals surface area contributed by atoms with Crippen molar-refractivity contribution in [1.29, 1.82) is 0 Å². The van der Waals surface area contributed by atoms with Crippen molar-refractivity contribution in [3.05, 3.63) is 104 Å². The first-order valence-corrected chi connectivity index (χ1v) is 17.1. The van der Waals surface area contributed by atoms with E-state index in [9.17, 15) is 19.2 Å². The summed E-state index contributed by atoms with van der Waals surface area (Å²) in [6, 6.07) is 14.9. The van der Waals surface area contributed by atoms with Crippen LogP contribution in [0.25, 0.3) is 39.2 Å². The second-order valence-electron chi connectivity index (χ2n) is 13.3. The molecule has 0 radical (unpaired) electrons. The van der Waals surface area contributed by atoms with Crippen molar-refractivity contribution in [1.82, 2.24) is 24.6 Å². The first-order chi connectivity index (χ1) is 24.8. The Morgan fingerprint density at radius 2 is 1.73 bits per heavy atom. The van der Waals surface area contributed by atoms with Crippen molar-refractivity contribution >= 4 is 47.1 Å². The standard InChI is InChI=1S/C38H34Cl2FN5O6/c1-38(2,3)52-37(50)45(18-23-11-12-32(48)43-23)19-28-29(41)16-30(44-35(28)51-4)27-10-6-9-26(34(27)40)25-8-5-7-24(33(25)39)21-13-14-46-31(15-21)42-17-22(20-47)36(46)49/h5-10,13-17,20,23H,11-12,18-19H2,1-4H3,(H,43,48)/t23-/m0/s1. The molecule has 4 heterocycles. The summed E-state index contributed by atoms with van der Waals surface area (Å²) >= 11 is 14.0. The smallest absolute Gasteiger partial charge is 0.410 e. The summed E-state index contributed by atoms with van der Waals surface area (Å²) in [7, 11) is 1.35. The fraction of sp³-hybridized carbons (Fsp3) is 0.263. The minimum Gasteiger partial charge on any atom is -0.481 e. The molecule has 0 spiro atoms. The minimum atomic E-state index is -0.807. The van der Waals surface area contributed by atoms with Gasteiger partial charge in [-0.1, -0.05) is 59.6 Å². The molecule has 1 atom stereocenters. The highest BCUT2D eigenvalue weighted by molar-refractivity contribution is 6.39. The molecule has 6 rings (SSSR count). The van der Waals surface area contributed by atoms with Crippen LogP contribution in [0.15, 0.2) is 71.8 Å². The molecular formula is C38H34Cl2FN5O6. The molecule has 2 amide bonds. The van der Waals surface area contributed by atoms with Gasteiger partial charge in [-0.2, -0.15) is 0 Å². The maximum absolute atomic E-state index is 16.1. The Hall–Kier alpha value is -5.33. The predicted molar refractivity (Wildman–Crippen MR) is 195 cm³/mol. The number of carbonyl (C=O) groups is 3. The van der Waals surface area contributed by atoms with Crippen molar-refractivity contribution in [2.75, 3.05) is 13.7 Å². The summed E-state index contributed by atoms with van der Waals surface area (Å²) in [4.78, 5) is 59.0. The molecule has 1 aliphatic rings. The Kier molecular flexibility index (Phi) is 10.3. The van der Waals surface area contributed by atoms with Gasteiger partial charge in [0, 0.05) is 59.7 Å². The van der Waals surface area contributed by atoms with Crippen LogP contribution >= 0.6 is 23.2 Å². The lowest BCUT2D eigenvalue weighted by Crippen LogP contribution is -2.44. The number of hydrogen-bond acceptors (Lipinski definition) is 8. The highest BCUT2D eigenvalue weighted by Gasteiger charge is 2.30. The molecule has 52 heavy (non-hydrogen) atoms. The Morgan fingerprint density at radius 1 is 1.06 bits per heavy atom. The average molecular weight is 747 g/mol. The van der Waals surface area contributed by atoms with E-state index in [1.807, 2.05) is 12.1 Å². The lowest BCUT2D eigenvalue weighted by Gasteiger charge is -2.29. The molecule has 1 aliphatic heterocycles. The van der Waals surface area contributed by atoms with Crippen LogP contribution in [-0.2, 0) is 16.1 Å². The quantitative estimate of drug-likeness (QED) is 0.155. The monoisotopic (exact) mass is 745 g/mol. The van der Waals surface area contributed by atoms with E-state index in [0.29, 0.717) is 57.6 Å². The molecule has 11 nitrogen and oxygen atoms in total. The van der Waals surface area contributed by atoms with Gasteiger partial charge in [0.2, 0.25) is 11.8 Å². The second-order valence-corrected chi connectivity index (χ2v) is 14.0. The van der Waals surface area contributed by atoms with Crippen LogP contribution in [0.5, 0.6) is 5.88 Å². The number of pyridine rings is 2. The number of nitrogens with one attached hydrogen (secondary N) is 1. The minimum absolute atomic E-state index is 0.0268. The summed E-state index contributed by atoms with van der Waals surface area (Å²) in [5.74, 6) is -0.850. The summed E-state index contributed by atoms with van der Waals surface area (Å²) in [5.41, 5.74) is 2.05. The number of benzene rings is 2. The molecule has 268 valence electrons. The lowest BCUT2D eigenvalue weighted by molar-refractivity contribution is -0.119. The van der Waals surface area contributed by atoms with E-state index in [1.165, 1.54) is 34.9 Å². The molecule has 5 aromatic rings. The van der Waals surface area contributed by atoms with E-state index in [-0.39, 0.29) is 52.8 Å². The number of hydrogen-bond donors (Lipinski definition) is 1. The number of nitrogens with zero attached hydrogens (tertiary/aromatic N) is 4. The third kappa shape index (κ3) is 7.49. The molecule has 14 heteroatoms. The first kappa shape index (κ1) is 36.5. The van der Waals surface area contributed by atoms with Crippen LogP contribution in [0.3, 0.4) is 0 Å². The van der Waals surface area contributed by atoms with E-state index < -0.39 is 23.1 Å². The number of carbonyl (C=O) groups excluding carboxylic acids is 3. The number of halogens is 3. The third-order valence-corrected chi connectivity index (χ3v) is 9.30. The highest BCUT2D eigenvalue weighted by atomic mass is 35.5. The molecule has 0 aliphatic carbocycles. The maximum Gasteiger partial charge on any atom is 0.410 e. The zero-order valence-corrected chi connectivity index (χ0v) is 30.2. The number of aromatic nitrogens is 3. The molecule has 0 unspecified atom stereocenters. The zero-order valence-electron chi connectivity index (χ0n) is 28.7. The number of amides is 2. The van der Waals surface area contributed by atoms with Crippen LogP contribution in [-0.4, -0.2) is 62.9 Å². The number of rotatable bonds is 9. The van der Waals surface area contributed by atoms with Crippen LogP contribution in [0, 0.1) is 5.82 Å². The second kappa shape index (κ2) is 14.7. The lowest BCUT2D eigenvalue weighted by atomic mass is 9.97. The van der Waals surface area contributed by atoms with Gasteiger partial charge in [0.1, 0.15) is 17.1 Å². The van der Waals surface area contributed by atoms with E-state index in [1.54, 1.807) is 57.2 Å². The van der Waals surface area contributed by atoms with E-state index in [2.05, 4.69) is 15.3 Å². The molecule has 0 saturated carbocycles. The summed E-state index contributed by atoms with van der Waals surface area (Å²) in [5, 5.41) is 3.46. The fourth-order valence-electron chi connectivity index (χ4n) is 6.01. The average Bonchev–Trinajstić information content (AvgIpc) is 3.52. The van der Waals surface area contributed by atoms with Crippen LogP contribution in [0.2, 0.25) is 10.0 Å². The largest absolute Gasteiger partial charge is 0.481 e. The predicted octanol–water partition coefficient (Wildman–Crippen LogP) is 7.37. The van der Waals surface area contributed by atoms with Crippen LogP contribution in [0.1, 0.15) is 49.5 Å². The SMILES string of the molecule is COc1nc(-c2cccc(-c3cccc(-c4ccn5c(=O)c(C=O)cnc5c4)c3Cl)c2Cl)cc(F)c1CN(C[C@@H]1CCC(=O)N1)C(=O)OC(C)(C)C. The Bertz CT molecular complexity index is 2290. The fourth-order valence-corrected chi connectivity index (χ4v) is 6.67. The summed E-state index contributed by atoms with van der Waals surface area (Å²) in [6.45, 7) is 5.08. The summed E-state index contributed by atoms with van der Waals surface area (Å²) in [6.07, 6.45) is 3.41. The highest BCUT2D eigenvalue weighted by Crippen LogP contribution is 2.42. The maximum atomic E-state index is 16.1. The molecule has 2 aromatic carbocycles. The van der Waals surface area contributed by atoms with Crippen molar-refractivity contribution in [2.24, 2.45) is 0 Å². The molecule has 1 saturated heterocycles. The van der Waals surface area contributed by atoms with Gasteiger partial charge >= 0.3 is 6.09 Å². The zero-order chi connectivity index (χ0) is 37.3. The molecular weight excluding hydrogens is 712 g/mol. The molecule has 1 fully saturated rings. The van der Waals surface area contributed by atoms with Crippen LogP contribution < -0.4 is 15.6 Å². The van der Waals surface area contributed by atoms with Gasteiger partial charge in [-0.25, -0.2) is 19.2 Å². The van der Waals surface area contributed by atoms with Crippen LogP contribution in [0.4, 0.5) is 9.18 Å². The van der Waals surface area contributed by atoms with Gasteiger partial charge in [-0.15, -0.1) is 0 Å². The number of methoxy groups -OCH3 is 1. The number of aldehydes is 1. The number of fused-ring (bicyclic) bond motifs is 1. The Labute approximate surface area is 308 Å². The topological polar surface area (TPSA) is 132 Å². The van der Waals surface area contributed by atoms with E-state index >= 15 is 4.39 Å². The van der Waals surface area contributed by atoms with Crippen molar-refractivity contribution < 1.29 is 28.2 Å². The van der Waals surface area contributed by atoms with Gasteiger partial charge < -0.3 is 19.7 Å². The molecule has 0 bridgehead atoms. The van der Waals surface area contributed by atoms with Crippen molar-refractivity contribution in [3.8, 4) is 39.4 Å². The van der Waals surface area contributed by atoms with Gasteiger partial charge in [0.05, 0.1) is 40.5 Å². The molecule has 1 N–H and O–H groups in total. The van der Waals surface area contributed by atoms with E-state index in [0.717, 1.165) is 0 Å². The van der Waals surface area contributed by atoms with Gasteiger partial charge in [0.15, 0.2) is 6.29 Å². The molecule has 3 aromatic heterocycles. The van der Waals surface area contributed by atoms with Gasteiger partial charge in [-0.3, -0.25) is 18.8 Å². The van der Waals surface area contributed by atoms with Gasteiger partial charge in [-0.05, 0) is 44.9 Å². The first-order valence-electron chi connectivity index (χ1n) is 16.3. The van der Waals surface area contributed by atoms with Gasteiger partial charge in [0.25, 0.3) is 5.56 Å². The Balaban J connectivity index is 1.34. The number of ether oxygens (including phenoxy) is 2. The van der Waals surface area contributed by atoms with Crippen molar-refractivity contribution in [3.63, 3.8) is 0 Å².